The molecule has 0 saturated carbocycles. The van der Waals surface area contributed by atoms with Crippen molar-refractivity contribution in [2.24, 2.45) is 0 Å². The van der Waals surface area contributed by atoms with E-state index >= 15 is 0 Å². The molecule has 16 heavy (non-hydrogen) atoms. The Bertz CT molecular complexity index is 407. The van der Waals surface area contributed by atoms with Crippen LogP contribution in [0.1, 0.15) is 18.7 Å². The van der Waals surface area contributed by atoms with E-state index in [2.05, 4.69) is 10.2 Å². The highest BCUT2D eigenvalue weighted by molar-refractivity contribution is 5.66. The number of aryl methyl sites for hydroxylation is 1. The van der Waals surface area contributed by atoms with Crippen molar-refractivity contribution in [3.63, 3.8) is 0 Å². The first-order valence-electron chi connectivity index (χ1n) is 4.91. The van der Waals surface area contributed by atoms with Gasteiger partial charge in [0.25, 0.3) is 0 Å². The predicted octanol–water partition coefficient (Wildman–Crippen LogP) is 1.47. The lowest BCUT2D eigenvalue weighted by Crippen LogP contribution is -2.10. The van der Waals surface area contributed by atoms with E-state index in [9.17, 15) is 4.79 Å². The molecule has 86 valence electrons. The van der Waals surface area contributed by atoms with E-state index in [0.29, 0.717) is 18.3 Å². The lowest BCUT2D eigenvalue weighted by atomic mass is 10.3. The molecule has 0 aromatic carbocycles. The summed E-state index contributed by atoms with van der Waals surface area (Å²) in [5, 5.41) is 7.63. The molecule has 0 fully saturated rings. The highest BCUT2D eigenvalue weighted by Gasteiger charge is 2.02. The zero-order chi connectivity index (χ0) is 12.0. The van der Waals surface area contributed by atoms with Crippen LogP contribution in [0.3, 0.4) is 0 Å². The van der Waals surface area contributed by atoms with Crippen molar-refractivity contribution in [3.8, 4) is 0 Å². The van der Waals surface area contributed by atoms with Gasteiger partial charge in [0.15, 0.2) is 0 Å². The van der Waals surface area contributed by atoms with Crippen molar-refractivity contribution < 1.29 is 9.21 Å². The summed E-state index contributed by atoms with van der Waals surface area (Å²) in [7, 11) is 1.89. The number of aromatic nitrogens is 2. The second-order valence-electron chi connectivity index (χ2n) is 3.49. The Labute approximate surface area is 94.5 Å². The second-order valence-corrected chi connectivity index (χ2v) is 3.49. The maximum atomic E-state index is 10.2. The molecule has 0 aliphatic carbocycles. The third-order valence-electron chi connectivity index (χ3n) is 1.88. The first-order valence-corrected chi connectivity index (χ1v) is 4.91. The van der Waals surface area contributed by atoms with Crippen LogP contribution in [0.15, 0.2) is 28.3 Å². The second kappa shape index (κ2) is 5.85. The van der Waals surface area contributed by atoms with Gasteiger partial charge in [-0.2, -0.15) is 0 Å². The first-order chi connectivity index (χ1) is 7.61. The maximum Gasteiger partial charge on any atom is 0.235 e. The SMILES string of the molecule is C/C(C=CN(C)Cc1nnc(C)o1)=C/C=O. The van der Waals surface area contributed by atoms with Crippen LogP contribution < -0.4 is 0 Å². The number of nitrogens with zero attached hydrogens (tertiary/aromatic N) is 3. The molecule has 0 atom stereocenters. The lowest BCUT2D eigenvalue weighted by molar-refractivity contribution is -0.104. The molecular weight excluding hydrogens is 206 g/mol. The number of hydrogen-bond acceptors (Lipinski definition) is 5. The molecule has 0 aliphatic rings. The normalized spacial score (nSPS) is 12.1. The monoisotopic (exact) mass is 221 g/mol. The summed E-state index contributed by atoms with van der Waals surface area (Å²) in [4.78, 5) is 12.1. The van der Waals surface area contributed by atoms with Crippen molar-refractivity contribution in [1.29, 1.82) is 0 Å². The number of allylic oxidation sites excluding steroid dienone is 3. The molecule has 5 nitrogen and oxygen atoms in total. The van der Waals surface area contributed by atoms with Crippen LogP contribution in [0.25, 0.3) is 0 Å². The Kier molecular flexibility index (Phi) is 4.44. The molecule has 1 heterocycles. The molecule has 0 amide bonds. The summed E-state index contributed by atoms with van der Waals surface area (Å²) in [5.74, 6) is 1.13. The summed E-state index contributed by atoms with van der Waals surface area (Å²) >= 11 is 0. The molecule has 0 aliphatic heterocycles. The molecule has 1 rings (SSSR count). The molecular formula is C11H15N3O2. The van der Waals surface area contributed by atoms with Crippen LogP contribution >= 0.6 is 0 Å². The molecule has 0 bridgehead atoms. The van der Waals surface area contributed by atoms with Gasteiger partial charge in [-0.1, -0.05) is 0 Å². The van der Waals surface area contributed by atoms with Crippen molar-refractivity contribution in [2.75, 3.05) is 7.05 Å². The van der Waals surface area contributed by atoms with Gasteiger partial charge in [-0.25, -0.2) is 0 Å². The molecule has 1 aromatic heterocycles. The zero-order valence-corrected chi connectivity index (χ0v) is 9.67. The third-order valence-corrected chi connectivity index (χ3v) is 1.88. The molecule has 0 spiro atoms. The average Bonchev–Trinajstić information content (AvgIpc) is 2.61. The minimum Gasteiger partial charge on any atom is -0.424 e. The summed E-state index contributed by atoms with van der Waals surface area (Å²) in [6, 6.07) is 0. The van der Waals surface area contributed by atoms with Crippen molar-refractivity contribution in [1.82, 2.24) is 15.1 Å². The van der Waals surface area contributed by atoms with Crippen molar-refractivity contribution >= 4 is 6.29 Å². The molecule has 0 N–H and O–H groups in total. The summed E-state index contributed by atoms with van der Waals surface area (Å²) in [5.41, 5.74) is 0.892. The minimum atomic E-state index is 0.547. The van der Waals surface area contributed by atoms with E-state index in [4.69, 9.17) is 4.42 Å². The van der Waals surface area contributed by atoms with Gasteiger partial charge in [0.05, 0.1) is 6.54 Å². The number of rotatable bonds is 5. The van der Waals surface area contributed by atoms with Gasteiger partial charge in [-0.3, -0.25) is 4.79 Å². The van der Waals surface area contributed by atoms with Gasteiger partial charge < -0.3 is 9.32 Å². The van der Waals surface area contributed by atoms with E-state index in [0.717, 1.165) is 11.9 Å². The highest BCUT2D eigenvalue weighted by atomic mass is 16.4. The quantitative estimate of drug-likeness (QED) is 0.428. The van der Waals surface area contributed by atoms with E-state index < -0.39 is 0 Å². The van der Waals surface area contributed by atoms with Gasteiger partial charge in [-0.05, 0) is 30.8 Å². The van der Waals surface area contributed by atoms with Crippen LogP contribution in [-0.2, 0) is 11.3 Å². The number of hydrogen-bond donors (Lipinski definition) is 0. The predicted molar refractivity (Wildman–Crippen MR) is 59.5 cm³/mol. The highest BCUT2D eigenvalue weighted by Crippen LogP contribution is 2.03. The number of carbonyl (C=O) groups is 1. The Morgan fingerprint density at radius 3 is 2.81 bits per heavy atom. The average molecular weight is 221 g/mol. The minimum absolute atomic E-state index is 0.547. The van der Waals surface area contributed by atoms with Gasteiger partial charge in [0, 0.05) is 14.0 Å². The van der Waals surface area contributed by atoms with Crippen LogP contribution in [-0.4, -0.2) is 28.4 Å². The van der Waals surface area contributed by atoms with Crippen molar-refractivity contribution in [2.45, 2.75) is 20.4 Å². The van der Waals surface area contributed by atoms with Crippen LogP contribution in [0.5, 0.6) is 0 Å². The fourth-order valence-corrected chi connectivity index (χ4v) is 1.08. The van der Waals surface area contributed by atoms with Gasteiger partial charge in [0.2, 0.25) is 11.8 Å². The van der Waals surface area contributed by atoms with E-state index in [1.165, 1.54) is 6.08 Å². The fraction of sp³-hybridized carbons (Fsp3) is 0.364. The molecule has 0 radical (unpaired) electrons. The van der Waals surface area contributed by atoms with Crippen LogP contribution in [0.4, 0.5) is 0 Å². The summed E-state index contributed by atoms with van der Waals surface area (Å²) in [6.07, 6.45) is 5.97. The Hall–Kier alpha value is -1.91. The zero-order valence-electron chi connectivity index (χ0n) is 9.67. The molecule has 0 unspecified atom stereocenters. The van der Waals surface area contributed by atoms with Crippen LogP contribution in [0, 0.1) is 6.92 Å². The van der Waals surface area contributed by atoms with Crippen LogP contribution in [0.2, 0.25) is 0 Å². The van der Waals surface area contributed by atoms with Gasteiger partial charge >= 0.3 is 0 Å². The topological polar surface area (TPSA) is 59.2 Å². The first kappa shape index (κ1) is 12.2. The molecule has 0 saturated heterocycles. The summed E-state index contributed by atoms with van der Waals surface area (Å²) < 4.78 is 5.24. The number of carbonyl (C=O) groups excluding carboxylic acids is 1. The largest absolute Gasteiger partial charge is 0.424 e. The Balaban J connectivity index is 2.50. The van der Waals surface area contributed by atoms with Crippen molar-refractivity contribution in [3.05, 3.63) is 35.7 Å². The maximum absolute atomic E-state index is 10.2. The lowest BCUT2D eigenvalue weighted by Gasteiger charge is -2.10. The Morgan fingerprint density at radius 1 is 1.50 bits per heavy atom. The number of aldehydes is 1. The standard InChI is InChI=1S/C11H15N3O2/c1-9(5-7-15)4-6-14(3)8-11-13-12-10(2)16-11/h4-7H,8H2,1-3H3/b6-4?,9-5-. The van der Waals surface area contributed by atoms with E-state index in [1.807, 2.05) is 31.1 Å². The third kappa shape index (κ3) is 4.08. The molecule has 5 heteroatoms. The fourth-order valence-electron chi connectivity index (χ4n) is 1.08. The smallest absolute Gasteiger partial charge is 0.235 e. The van der Waals surface area contributed by atoms with Gasteiger partial charge in [0.1, 0.15) is 6.29 Å². The molecule has 1 aromatic rings. The van der Waals surface area contributed by atoms with E-state index in [1.54, 1.807) is 6.92 Å². The Morgan fingerprint density at radius 2 is 2.25 bits per heavy atom. The van der Waals surface area contributed by atoms with E-state index in [-0.39, 0.29) is 0 Å². The summed E-state index contributed by atoms with van der Waals surface area (Å²) in [6.45, 7) is 4.16. The van der Waals surface area contributed by atoms with Gasteiger partial charge in [-0.15, -0.1) is 10.2 Å².